The highest BCUT2D eigenvalue weighted by molar-refractivity contribution is 5.73. The van der Waals surface area contributed by atoms with E-state index in [9.17, 15) is 9.59 Å². The minimum Gasteiger partial charge on any atom is -0.481 e. The second-order valence-corrected chi connectivity index (χ2v) is 4.52. The number of nitrogens with zero attached hydrogens (tertiary/aromatic N) is 1. The van der Waals surface area contributed by atoms with Gasteiger partial charge in [0.25, 0.3) is 0 Å². The van der Waals surface area contributed by atoms with Gasteiger partial charge in [0.2, 0.25) is 6.29 Å². The molecule has 0 aromatic rings. The van der Waals surface area contributed by atoms with Gasteiger partial charge in [-0.2, -0.15) is 0 Å². The van der Waals surface area contributed by atoms with Crippen molar-refractivity contribution >= 4 is 12.3 Å². The first-order chi connectivity index (χ1) is 9.24. The van der Waals surface area contributed by atoms with Crippen molar-refractivity contribution in [2.24, 2.45) is 0 Å². The molecule has 1 unspecified atom stereocenters. The average molecular weight is 271 g/mol. The Kier molecular flexibility index (Phi) is 8.31. The molecule has 0 aliphatic carbocycles. The van der Waals surface area contributed by atoms with Crippen LogP contribution < -0.4 is 16.0 Å². The Morgan fingerprint density at radius 1 is 1.05 bits per heavy atom. The third-order valence-corrected chi connectivity index (χ3v) is 3.05. The number of carboxylic acid groups (broad SMARTS) is 1. The monoisotopic (exact) mass is 271 g/mol. The lowest BCUT2D eigenvalue weighted by Gasteiger charge is -2.27. The van der Waals surface area contributed by atoms with E-state index in [0.29, 0.717) is 13.1 Å². The Morgan fingerprint density at radius 3 is 1.95 bits per heavy atom. The summed E-state index contributed by atoms with van der Waals surface area (Å²) in [7, 11) is 0. The summed E-state index contributed by atoms with van der Waals surface area (Å²) < 4.78 is 0. The van der Waals surface area contributed by atoms with Crippen LogP contribution in [0, 0.1) is 0 Å². The first-order valence-electron chi connectivity index (χ1n) is 6.69. The van der Waals surface area contributed by atoms with Crippen molar-refractivity contribution < 1.29 is 14.7 Å². The summed E-state index contributed by atoms with van der Waals surface area (Å²) in [6.07, 6.45) is 1.65. The second kappa shape index (κ2) is 9.85. The molecule has 0 bridgehead atoms. The van der Waals surface area contributed by atoms with Crippen LogP contribution in [0.15, 0.2) is 0 Å². The fourth-order valence-corrected chi connectivity index (χ4v) is 2.01. The van der Waals surface area contributed by atoms with Crippen molar-refractivity contribution in [3.63, 3.8) is 0 Å². The van der Waals surface area contributed by atoms with E-state index in [4.69, 9.17) is 5.11 Å². The zero-order chi connectivity index (χ0) is 13.9. The molecule has 7 heteroatoms. The van der Waals surface area contributed by atoms with E-state index >= 15 is 0 Å². The molecular weight excluding hydrogens is 248 g/mol. The van der Waals surface area contributed by atoms with Gasteiger partial charge in [-0.05, 0) is 0 Å². The minimum atomic E-state index is -0.968. The van der Waals surface area contributed by atoms with E-state index in [1.165, 1.54) is 0 Å². The molecule has 19 heavy (non-hydrogen) atoms. The van der Waals surface area contributed by atoms with Crippen molar-refractivity contribution in [1.82, 2.24) is 20.9 Å². The smallest absolute Gasteiger partial charge is 0.305 e. The maximum atomic E-state index is 10.9. The van der Waals surface area contributed by atoms with Crippen molar-refractivity contribution in [2.75, 3.05) is 52.4 Å². The quantitative estimate of drug-likeness (QED) is 0.471. The average Bonchev–Trinajstić information content (AvgIpc) is 2.37. The lowest BCUT2D eigenvalue weighted by Crippen LogP contribution is -2.47. The molecule has 1 radical (unpaired) electrons. The molecule has 1 aliphatic rings. The van der Waals surface area contributed by atoms with Gasteiger partial charge < -0.3 is 21.1 Å². The molecular formula is C12H23N4O3. The van der Waals surface area contributed by atoms with E-state index in [2.05, 4.69) is 16.0 Å². The predicted octanol–water partition coefficient (Wildman–Crippen LogP) is -1.98. The summed E-state index contributed by atoms with van der Waals surface area (Å²) >= 11 is 0. The molecule has 0 saturated carbocycles. The van der Waals surface area contributed by atoms with E-state index in [1.54, 1.807) is 0 Å². The van der Waals surface area contributed by atoms with Crippen LogP contribution in [0.1, 0.15) is 6.42 Å². The summed E-state index contributed by atoms with van der Waals surface area (Å²) in [6, 6.07) is -0.665. The Morgan fingerprint density at radius 2 is 1.53 bits per heavy atom. The molecule has 1 atom stereocenters. The Hall–Kier alpha value is -1.02. The van der Waals surface area contributed by atoms with Gasteiger partial charge in [0, 0.05) is 52.4 Å². The van der Waals surface area contributed by atoms with Crippen molar-refractivity contribution in [1.29, 1.82) is 0 Å². The standard InChI is InChI=1S/C12H23N4O3/c17-10-11(9-12(18)19)16-7-5-14-3-1-13-2-4-15-6-8-16/h11,13-15H,1-9H2,(H,18,19). The number of carbonyl (C=O) groups is 1. The van der Waals surface area contributed by atoms with Crippen LogP contribution in [-0.2, 0) is 9.59 Å². The third-order valence-electron chi connectivity index (χ3n) is 3.05. The molecule has 0 spiro atoms. The van der Waals surface area contributed by atoms with Gasteiger partial charge >= 0.3 is 5.97 Å². The molecule has 1 rings (SSSR count). The number of carbonyl (C=O) groups excluding carboxylic acids is 1. The zero-order valence-corrected chi connectivity index (χ0v) is 11.2. The zero-order valence-electron chi connectivity index (χ0n) is 11.2. The van der Waals surface area contributed by atoms with Crippen LogP contribution in [0.25, 0.3) is 0 Å². The number of rotatable bonds is 4. The molecule has 0 aromatic heterocycles. The van der Waals surface area contributed by atoms with Crippen LogP contribution in [0.4, 0.5) is 0 Å². The summed E-state index contributed by atoms with van der Waals surface area (Å²) in [6.45, 7) is 6.30. The number of hydrogen-bond donors (Lipinski definition) is 4. The Bertz CT molecular complexity index is 264. The second-order valence-electron chi connectivity index (χ2n) is 4.52. The summed E-state index contributed by atoms with van der Waals surface area (Å²) in [4.78, 5) is 23.5. The fraction of sp³-hybridized carbons (Fsp3) is 0.833. The van der Waals surface area contributed by atoms with Gasteiger partial charge in [0.1, 0.15) is 0 Å². The highest BCUT2D eigenvalue weighted by Gasteiger charge is 2.21. The number of nitrogens with one attached hydrogen (secondary N) is 3. The van der Waals surface area contributed by atoms with Crippen LogP contribution in [-0.4, -0.2) is 80.7 Å². The Labute approximate surface area is 113 Å². The fourth-order valence-electron chi connectivity index (χ4n) is 2.01. The topological polar surface area (TPSA) is 93.7 Å². The summed E-state index contributed by atoms with van der Waals surface area (Å²) in [5, 5.41) is 18.6. The summed E-state index contributed by atoms with van der Waals surface area (Å²) in [5.74, 6) is -0.968. The highest BCUT2D eigenvalue weighted by Crippen LogP contribution is 2.01. The molecule has 4 N–H and O–H groups in total. The number of carboxylic acids is 1. The lowest BCUT2D eigenvalue weighted by molar-refractivity contribution is -0.137. The first-order valence-corrected chi connectivity index (χ1v) is 6.69. The van der Waals surface area contributed by atoms with Crippen molar-refractivity contribution in [2.45, 2.75) is 12.5 Å². The molecule has 1 heterocycles. The molecule has 109 valence electrons. The normalized spacial score (nSPS) is 21.9. The van der Waals surface area contributed by atoms with Gasteiger partial charge in [0.15, 0.2) is 0 Å². The molecule has 1 fully saturated rings. The van der Waals surface area contributed by atoms with Crippen LogP contribution in [0.5, 0.6) is 0 Å². The van der Waals surface area contributed by atoms with Gasteiger partial charge in [-0.15, -0.1) is 0 Å². The first kappa shape index (κ1) is 16.0. The molecule has 7 nitrogen and oxygen atoms in total. The van der Waals surface area contributed by atoms with Gasteiger partial charge in [-0.1, -0.05) is 0 Å². The van der Waals surface area contributed by atoms with E-state index in [-0.39, 0.29) is 6.42 Å². The van der Waals surface area contributed by atoms with Crippen LogP contribution in [0.3, 0.4) is 0 Å². The molecule has 0 aromatic carbocycles. The van der Waals surface area contributed by atoms with Gasteiger partial charge in [-0.3, -0.25) is 14.5 Å². The third kappa shape index (κ3) is 7.22. The molecule has 0 amide bonds. The van der Waals surface area contributed by atoms with E-state index < -0.39 is 12.0 Å². The largest absolute Gasteiger partial charge is 0.481 e. The number of aliphatic carboxylic acids is 1. The molecule has 1 saturated heterocycles. The summed E-state index contributed by atoms with van der Waals surface area (Å²) in [5.41, 5.74) is 0. The van der Waals surface area contributed by atoms with Gasteiger partial charge in [0.05, 0.1) is 12.5 Å². The Balaban J connectivity index is 2.48. The van der Waals surface area contributed by atoms with Crippen molar-refractivity contribution in [3.05, 3.63) is 0 Å². The molecule has 1 aliphatic heterocycles. The van der Waals surface area contributed by atoms with Crippen molar-refractivity contribution in [3.8, 4) is 0 Å². The predicted molar refractivity (Wildman–Crippen MR) is 71.9 cm³/mol. The van der Waals surface area contributed by atoms with E-state index in [0.717, 1.165) is 39.3 Å². The number of hydrogen-bond acceptors (Lipinski definition) is 6. The van der Waals surface area contributed by atoms with Crippen LogP contribution in [0.2, 0.25) is 0 Å². The van der Waals surface area contributed by atoms with Gasteiger partial charge in [-0.25, -0.2) is 0 Å². The van der Waals surface area contributed by atoms with E-state index in [1.807, 2.05) is 11.2 Å². The minimum absolute atomic E-state index is 0.189. The highest BCUT2D eigenvalue weighted by atomic mass is 16.4. The maximum Gasteiger partial charge on any atom is 0.305 e. The SMILES string of the molecule is O=[C]C(CC(=O)O)N1CCNCCNCCNCC1. The maximum absolute atomic E-state index is 10.9. The lowest BCUT2D eigenvalue weighted by atomic mass is 10.2. The van der Waals surface area contributed by atoms with Crippen LogP contribution >= 0.6 is 0 Å².